The highest BCUT2D eigenvalue weighted by Crippen LogP contribution is 2.23. The van der Waals surface area contributed by atoms with Gasteiger partial charge in [0, 0.05) is 6.61 Å². The van der Waals surface area contributed by atoms with Gasteiger partial charge >= 0.3 is 5.97 Å². The summed E-state index contributed by atoms with van der Waals surface area (Å²) >= 11 is 0. The predicted octanol–water partition coefficient (Wildman–Crippen LogP) is 6.02. The lowest BCUT2D eigenvalue weighted by Crippen LogP contribution is -2.06. The van der Waals surface area contributed by atoms with Crippen molar-refractivity contribution in [2.24, 2.45) is 0 Å². The van der Waals surface area contributed by atoms with Crippen molar-refractivity contribution >= 4 is 5.97 Å². The second kappa shape index (κ2) is 13.8. The fourth-order valence-electron chi connectivity index (χ4n) is 3.08. The van der Waals surface area contributed by atoms with Crippen molar-refractivity contribution in [1.82, 2.24) is 0 Å². The molecule has 4 heteroatoms. The molecule has 4 nitrogen and oxygen atoms in total. The summed E-state index contributed by atoms with van der Waals surface area (Å²) in [6, 6.07) is 15.6. The first-order chi connectivity index (χ1) is 14.2. The number of hydrogen-bond donors (Lipinski definition) is 1. The van der Waals surface area contributed by atoms with Gasteiger partial charge in [0.1, 0.15) is 5.75 Å². The van der Waals surface area contributed by atoms with Crippen molar-refractivity contribution in [3.05, 3.63) is 54.1 Å². The van der Waals surface area contributed by atoms with E-state index < -0.39 is 0 Å². The molecular formula is C25H34O4. The van der Waals surface area contributed by atoms with Gasteiger partial charge in [0.2, 0.25) is 0 Å². The molecule has 2 aromatic carbocycles. The van der Waals surface area contributed by atoms with Gasteiger partial charge in [0.05, 0.1) is 18.8 Å². The third kappa shape index (κ3) is 8.70. The second-order valence-corrected chi connectivity index (χ2v) is 7.28. The molecule has 0 aliphatic carbocycles. The van der Waals surface area contributed by atoms with Crippen molar-refractivity contribution < 1.29 is 19.4 Å². The van der Waals surface area contributed by atoms with Crippen LogP contribution in [0.5, 0.6) is 5.75 Å². The van der Waals surface area contributed by atoms with Gasteiger partial charge in [0.25, 0.3) is 0 Å². The van der Waals surface area contributed by atoms with E-state index in [-0.39, 0.29) is 12.6 Å². The third-order valence-electron chi connectivity index (χ3n) is 4.86. The van der Waals surface area contributed by atoms with Gasteiger partial charge in [0.15, 0.2) is 0 Å². The van der Waals surface area contributed by atoms with E-state index in [0.29, 0.717) is 12.2 Å². The molecule has 0 unspecified atom stereocenters. The van der Waals surface area contributed by atoms with Gasteiger partial charge in [-0.1, -0.05) is 56.9 Å². The van der Waals surface area contributed by atoms with E-state index >= 15 is 0 Å². The largest absolute Gasteiger partial charge is 0.494 e. The number of aliphatic hydroxyl groups excluding tert-OH is 1. The first-order valence-corrected chi connectivity index (χ1v) is 10.9. The summed E-state index contributed by atoms with van der Waals surface area (Å²) < 4.78 is 11.1. The minimum absolute atomic E-state index is 0.223. The highest BCUT2D eigenvalue weighted by molar-refractivity contribution is 5.90. The fraction of sp³-hybridized carbons (Fsp3) is 0.480. The van der Waals surface area contributed by atoms with Crippen LogP contribution in [-0.4, -0.2) is 30.9 Å². The molecule has 0 fully saturated rings. The average Bonchev–Trinajstić information content (AvgIpc) is 2.76. The zero-order valence-corrected chi connectivity index (χ0v) is 17.6. The fourth-order valence-corrected chi connectivity index (χ4v) is 3.08. The molecule has 29 heavy (non-hydrogen) atoms. The Morgan fingerprint density at radius 1 is 0.759 bits per heavy atom. The van der Waals surface area contributed by atoms with Crippen LogP contribution in [0, 0.1) is 0 Å². The van der Waals surface area contributed by atoms with E-state index in [2.05, 4.69) is 6.92 Å². The molecule has 0 radical (unpaired) electrons. The highest BCUT2D eigenvalue weighted by Gasteiger charge is 2.07. The zero-order chi connectivity index (χ0) is 20.7. The maximum absolute atomic E-state index is 12.1. The number of aliphatic hydroxyl groups is 1. The Hall–Kier alpha value is -2.33. The van der Waals surface area contributed by atoms with E-state index in [1.165, 1.54) is 19.3 Å². The van der Waals surface area contributed by atoms with Crippen molar-refractivity contribution in [2.75, 3.05) is 19.8 Å². The second-order valence-electron chi connectivity index (χ2n) is 7.28. The SMILES string of the molecule is CCCCCCOc1ccc(-c2ccc(C(=O)OCCCCCCO)cc2)cc1. The first kappa shape index (κ1) is 23.0. The number of ether oxygens (including phenoxy) is 2. The molecule has 0 bridgehead atoms. The van der Waals surface area contributed by atoms with E-state index in [1.807, 2.05) is 48.5 Å². The standard InChI is InChI=1S/C25H34O4/c1-2-3-4-8-19-28-24-16-14-22(15-17-24)21-10-12-23(13-11-21)25(27)29-20-9-6-5-7-18-26/h10-17,26H,2-9,18-20H2,1H3. The Balaban J connectivity index is 1.78. The van der Waals surface area contributed by atoms with Crippen LogP contribution in [-0.2, 0) is 4.74 Å². The van der Waals surface area contributed by atoms with E-state index in [0.717, 1.165) is 55.6 Å². The van der Waals surface area contributed by atoms with E-state index in [1.54, 1.807) is 0 Å². The Morgan fingerprint density at radius 2 is 1.34 bits per heavy atom. The first-order valence-electron chi connectivity index (χ1n) is 10.9. The summed E-state index contributed by atoms with van der Waals surface area (Å²) in [5.74, 6) is 0.606. The van der Waals surface area contributed by atoms with Gasteiger partial charge in [-0.3, -0.25) is 0 Å². The number of hydrogen-bond acceptors (Lipinski definition) is 4. The zero-order valence-electron chi connectivity index (χ0n) is 17.6. The number of carbonyl (C=O) groups is 1. The van der Waals surface area contributed by atoms with Crippen LogP contribution in [0.2, 0.25) is 0 Å². The topological polar surface area (TPSA) is 55.8 Å². The molecule has 0 heterocycles. The van der Waals surface area contributed by atoms with Gasteiger partial charge in [-0.15, -0.1) is 0 Å². The molecule has 2 aromatic rings. The monoisotopic (exact) mass is 398 g/mol. The van der Waals surface area contributed by atoms with Gasteiger partial charge in [-0.25, -0.2) is 4.79 Å². The number of esters is 1. The Morgan fingerprint density at radius 3 is 2.00 bits per heavy atom. The van der Waals surface area contributed by atoms with Crippen LogP contribution in [0.15, 0.2) is 48.5 Å². The van der Waals surface area contributed by atoms with Crippen molar-refractivity contribution in [3.8, 4) is 16.9 Å². The Kier molecular flexibility index (Phi) is 10.9. The molecule has 0 amide bonds. The molecule has 0 saturated carbocycles. The summed E-state index contributed by atoms with van der Waals surface area (Å²) in [4.78, 5) is 12.1. The molecule has 0 spiro atoms. The predicted molar refractivity (Wildman–Crippen MR) is 117 cm³/mol. The number of unbranched alkanes of at least 4 members (excludes halogenated alkanes) is 6. The van der Waals surface area contributed by atoms with Crippen LogP contribution >= 0.6 is 0 Å². The number of rotatable bonds is 14. The van der Waals surface area contributed by atoms with Crippen LogP contribution in [0.3, 0.4) is 0 Å². The smallest absolute Gasteiger partial charge is 0.338 e. The maximum atomic E-state index is 12.1. The lowest BCUT2D eigenvalue weighted by Gasteiger charge is -2.08. The van der Waals surface area contributed by atoms with Gasteiger partial charge in [-0.2, -0.15) is 0 Å². The molecule has 2 rings (SSSR count). The number of carbonyl (C=O) groups excluding carboxylic acids is 1. The molecule has 0 atom stereocenters. The Bertz CT molecular complexity index is 692. The molecule has 1 N–H and O–H groups in total. The summed E-state index contributed by atoms with van der Waals surface area (Å²) in [6.07, 6.45) is 8.37. The average molecular weight is 399 g/mol. The van der Waals surface area contributed by atoms with Crippen LogP contribution in [0.4, 0.5) is 0 Å². The Labute approximate surface area is 174 Å². The summed E-state index contributed by atoms with van der Waals surface area (Å²) in [6.45, 7) is 3.61. The third-order valence-corrected chi connectivity index (χ3v) is 4.86. The summed E-state index contributed by atoms with van der Waals surface area (Å²) in [5.41, 5.74) is 2.71. The lowest BCUT2D eigenvalue weighted by molar-refractivity contribution is 0.0497. The maximum Gasteiger partial charge on any atom is 0.338 e. The van der Waals surface area contributed by atoms with Crippen molar-refractivity contribution in [2.45, 2.75) is 58.3 Å². The summed E-state index contributed by atoms with van der Waals surface area (Å²) in [7, 11) is 0. The summed E-state index contributed by atoms with van der Waals surface area (Å²) in [5, 5.41) is 8.75. The molecule has 0 aliphatic rings. The van der Waals surface area contributed by atoms with Gasteiger partial charge < -0.3 is 14.6 Å². The highest BCUT2D eigenvalue weighted by atomic mass is 16.5. The van der Waals surface area contributed by atoms with E-state index in [9.17, 15) is 4.79 Å². The van der Waals surface area contributed by atoms with E-state index in [4.69, 9.17) is 14.6 Å². The molecule has 0 aliphatic heterocycles. The number of benzene rings is 2. The molecule has 0 aromatic heterocycles. The molecule has 158 valence electrons. The minimum Gasteiger partial charge on any atom is -0.494 e. The quantitative estimate of drug-likeness (QED) is 0.312. The molecular weight excluding hydrogens is 364 g/mol. The normalized spacial score (nSPS) is 10.7. The molecule has 0 saturated heterocycles. The van der Waals surface area contributed by atoms with Gasteiger partial charge in [-0.05, 0) is 61.1 Å². The van der Waals surface area contributed by atoms with Crippen molar-refractivity contribution in [3.63, 3.8) is 0 Å². The van der Waals surface area contributed by atoms with Crippen LogP contribution in [0.25, 0.3) is 11.1 Å². The van der Waals surface area contributed by atoms with Crippen molar-refractivity contribution in [1.29, 1.82) is 0 Å². The van der Waals surface area contributed by atoms with Crippen LogP contribution < -0.4 is 4.74 Å². The minimum atomic E-state index is -0.287. The van der Waals surface area contributed by atoms with Crippen LogP contribution in [0.1, 0.15) is 68.6 Å². The lowest BCUT2D eigenvalue weighted by atomic mass is 10.0.